The molecule has 5 heteroatoms. The maximum atomic E-state index is 8.94. The van der Waals surface area contributed by atoms with Crippen molar-refractivity contribution in [3.8, 4) is 36.3 Å². The molecule has 0 saturated heterocycles. The highest BCUT2D eigenvalue weighted by molar-refractivity contribution is 5.64. The molecular weight excluding hydrogens is 240 g/mol. The molecule has 0 aliphatic heterocycles. The second-order valence-corrected chi connectivity index (χ2v) is 3.20. The molecule has 0 aliphatic rings. The number of nitriles is 3. The quantitative estimate of drug-likeness (QED) is 0.649. The van der Waals surface area contributed by atoms with Crippen molar-refractivity contribution in [2.45, 2.75) is 0 Å². The first kappa shape index (κ1) is 13.7. The standard InChI is InChI=1S/C14H8N4O/c1-2-7-19-14-6-4-3-5-12(14)18-13(10-17)11(8-15)9-16/h1,3-6,18H,7H2. The Morgan fingerprint density at radius 3 is 2.42 bits per heavy atom. The molecule has 1 aromatic carbocycles. The summed E-state index contributed by atoms with van der Waals surface area (Å²) >= 11 is 0. The molecule has 1 N–H and O–H groups in total. The van der Waals surface area contributed by atoms with E-state index in [1.54, 1.807) is 42.5 Å². The van der Waals surface area contributed by atoms with E-state index in [2.05, 4.69) is 11.2 Å². The Morgan fingerprint density at radius 1 is 1.16 bits per heavy atom. The van der Waals surface area contributed by atoms with Crippen molar-refractivity contribution in [2.75, 3.05) is 11.9 Å². The van der Waals surface area contributed by atoms with Gasteiger partial charge in [-0.2, -0.15) is 15.8 Å². The Hall–Kier alpha value is -3.41. The second-order valence-electron chi connectivity index (χ2n) is 3.20. The lowest BCUT2D eigenvalue weighted by molar-refractivity contribution is 0.372. The number of anilines is 1. The van der Waals surface area contributed by atoms with E-state index in [0.29, 0.717) is 11.4 Å². The van der Waals surface area contributed by atoms with Crippen LogP contribution < -0.4 is 10.1 Å². The third-order valence-corrected chi connectivity index (χ3v) is 2.04. The van der Waals surface area contributed by atoms with Gasteiger partial charge in [-0.1, -0.05) is 18.1 Å². The first-order chi connectivity index (χ1) is 9.26. The zero-order chi connectivity index (χ0) is 14.1. The first-order valence-corrected chi connectivity index (χ1v) is 5.13. The molecule has 0 unspecified atom stereocenters. The Labute approximate surface area is 111 Å². The van der Waals surface area contributed by atoms with Gasteiger partial charge in [0.05, 0.1) is 5.69 Å². The summed E-state index contributed by atoms with van der Waals surface area (Å²) < 4.78 is 5.28. The largest absolute Gasteiger partial charge is 0.479 e. The van der Waals surface area contributed by atoms with E-state index in [9.17, 15) is 0 Å². The predicted molar refractivity (Wildman–Crippen MR) is 68.3 cm³/mol. The molecule has 0 fully saturated rings. The van der Waals surface area contributed by atoms with Gasteiger partial charge in [0.15, 0.2) is 5.57 Å². The van der Waals surface area contributed by atoms with Crippen LogP contribution in [0.1, 0.15) is 0 Å². The van der Waals surface area contributed by atoms with Crippen LogP contribution in [0.4, 0.5) is 5.69 Å². The maximum absolute atomic E-state index is 8.94. The normalized spacial score (nSPS) is 8.00. The van der Waals surface area contributed by atoms with Crippen LogP contribution in [-0.4, -0.2) is 6.61 Å². The van der Waals surface area contributed by atoms with Crippen LogP contribution in [0.2, 0.25) is 0 Å². The Balaban J connectivity index is 3.11. The number of terminal acetylenes is 1. The van der Waals surface area contributed by atoms with Crippen LogP contribution in [0.5, 0.6) is 5.75 Å². The fourth-order valence-electron chi connectivity index (χ4n) is 1.23. The van der Waals surface area contributed by atoms with E-state index in [1.165, 1.54) is 0 Å². The highest BCUT2D eigenvalue weighted by atomic mass is 16.5. The minimum atomic E-state index is -0.297. The van der Waals surface area contributed by atoms with Gasteiger partial charge in [0.25, 0.3) is 0 Å². The summed E-state index contributed by atoms with van der Waals surface area (Å²) in [7, 11) is 0. The molecule has 0 bridgehead atoms. The summed E-state index contributed by atoms with van der Waals surface area (Å²) in [6, 6.07) is 11.8. The summed E-state index contributed by atoms with van der Waals surface area (Å²) in [5, 5.41) is 29.1. The molecule has 90 valence electrons. The van der Waals surface area contributed by atoms with E-state index in [1.807, 2.05) is 0 Å². The third-order valence-electron chi connectivity index (χ3n) is 2.04. The van der Waals surface area contributed by atoms with Gasteiger partial charge in [0.1, 0.15) is 36.3 Å². The Morgan fingerprint density at radius 2 is 1.84 bits per heavy atom. The third kappa shape index (κ3) is 3.53. The zero-order valence-electron chi connectivity index (χ0n) is 9.84. The van der Waals surface area contributed by atoms with Crippen LogP contribution in [-0.2, 0) is 0 Å². The summed E-state index contributed by atoms with van der Waals surface area (Å²) in [6.07, 6.45) is 5.10. The summed E-state index contributed by atoms with van der Waals surface area (Å²) in [6.45, 7) is 0.0770. The molecule has 19 heavy (non-hydrogen) atoms. The monoisotopic (exact) mass is 248 g/mol. The number of allylic oxidation sites excluding steroid dienone is 2. The summed E-state index contributed by atoms with van der Waals surface area (Å²) in [4.78, 5) is 0. The van der Waals surface area contributed by atoms with E-state index < -0.39 is 0 Å². The van der Waals surface area contributed by atoms with Crippen LogP contribution in [0.3, 0.4) is 0 Å². The highest BCUT2D eigenvalue weighted by Gasteiger charge is 2.09. The number of hydrogen-bond donors (Lipinski definition) is 1. The van der Waals surface area contributed by atoms with Crippen molar-refractivity contribution in [1.29, 1.82) is 15.8 Å². The number of ether oxygens (including phenoxy) is 1. The van der Waals surface area contributed by atoms with E-state index >= 15 is 0 Å². The smallest absolute Gasteiger partial charge is 0.163 e. The molecule has 0 atom stereocenters. The Bertz CT molecular complexity index is 646. The molecule has 5 nitrogen and oxygen atoms in total. The molecule has 1 aromatic rings. The van der Waals surface area contributed by atoms with Crippen molar-refractivity contribution in [1.82, 2.24) is 0 Å². The molecule has 0 aliphatic carbocycles. The number of hydrogen-bond acceptors (Lipinski definition) is 5. The van der Waals surface area contributed by atoms with Crippen LogP contribution in [0.15, 0.2) is 35.5 Å². The lowest BCUT2D eigenvalue weighted by Crippen LogP contribution is -2.03. The highest BCUT2D eigenvalue weighted by Crippen LogP contribution is 2.25. The lowest BCUT2D eigenvalue weighted by atomic mass is 10.2. The topological polar surface area (TPSA) is 92.6 Å². The summed E-state index contributed by atoms with van der Waals surface area (Å²) in [5.74, 6) is 2.76. The molecule has 0 heterocycles. The lowest BCUT2D eigenvalue weighted by Gasteiger charge is -2.10. The minimum Gasteiger partial charge on any atom is -0.479 e. The first-order valence-electron chi connectivity index (χ1n) is 5.13. The molecular formula is C14H8N4O. The number of benzene rings is 1. The number of nitrogens with one attached hydrogen (secondary N) is 1. The predicted octanol–water partition coefficient (Wildman–Crippen LogP) is 1.94. The zero-order valence-corrected chi connectivity index (χ0v) is 9.84. The number of para-hydroxylation sites is 2. The van der Waals surface area contributed by atoms with Crippen LogP contribution >= 0.6 is 0 Å². The number of nitrogens with zero attached hydrogens (tertiary/aromatic N) is 3. The minimum absolute atomic E-state index is 0.0770. The number of rotatable bonds is 4. The Kier molecular flexibility index (Phi) is 5.05. The van der Waals surface area contributed by atoms with Gasteiger partial charge in [-0.25, -0.2) is 0 Å². The SMILES string of the molecule is C#CCOc1ccccc1NC(C#N)=C(C#N)C#N. The summed E-state index contributed by atoms with van der Waals surface area (Å²) in [5.41, 5.74) is 0.0216. The van der Waals surface area contributed by atoms with Gasteiger partial charge in [-0.05, 0) is 12.1 Å². The fourth-order valence-corrected chi connectivity index (χ4v) is 1.23. The van der Waals surface area contributed by atoms with Gasteiger partial charge in [0.2, 0.25) is 0 Å². The van der Waals surface area contributed by atoms with Crippen molar-refractivity contribution in [3.63, 3.8) is 0 Å². The van der Waals surface area contributed by atoms with Gasteiger partial charge in [-0.3, -0.25) is 0 Å². The van der Waals surface area contributed by atoms with E-state index in [-0.39, 0.29) is 17.9 Å². The van der Waals surface area contributed by atoms with Gasteiger partial charge in [0, 0.05) is 0 Å². The van der Waals surface area contributed by atoms with Crippen molar-refractivity contribution < 1.29 is 4.74 Å². The molecule has 0 amide bonds. The van der Waals surface area contributed by atoms with Crippen molar-refractivity contribution in [3.05, 3.63) is 35.5 Å². The maximum Gasteiger partial charge on any atom is 0.163 e. The van der Waals surface area contributed by atoms with E-state index in [0.717, 1.165) is 0 Å². The molecule has 0 radical (unpaired) electrons. The fraction of sp³-hybridized carbons (Fsp3) is 0.0714. The average molecular weight is 248 g/mol. The molecule has 1 rings (SSSR count). The van der Waals surface area contributed by atoms with Crippen molar-refractivity contribution in [2.24, 2.45) is 0 Å². The molecule has 0 saturated carbocycles. The average Bonchev–Trinajstić information content (AvgIpc) is 2.46. The van der Waals surface area contributed by atoms with Gasteiger partial charge < -0.3 is 10.1 Å². The second kappa shape index (κ2) is 7.02. The van der Waals surface area contributed by atoms with Crippen molar-refractivity contribution >= 4 is 5.69 Å². The van der Waals surface area contributed by atoms with Crippen LogP contribution in [0, 0.1) is 46.3 Å². The van der Waals surface area contributed by atoms with Crippen LogP contribution in [0.25, 0.3) is 0 Å². The van der Waals surface area contributed by atoms with Gasteiger partial charge >= 0.3 is 0 Å². The molecule has 0 spiro atoms. The molecule has 0 aromatic heterocycles. The van der Waals surface area contributed by atoms with E-state index in [4.69, 9.17) is 26.9 Å². The van der Waals surface area contributed by atoms with Gasteiger partial charge in [-0.15, -0.1) is 6.42 Å².